The molecule has 0 unspecified atom stereocenters. The number of nitrogen functional groups attached to an aromatic ring is 1. The lowest BCUT2D eigenvalue weighted by Crippen LogP contribution is -2.11. The highest BCUT2D eigenvalue weighted by Gasteiger charge is 2.09. The van der Waals surface area contributed by atoms with E-state index in [0.29, 0.717) is 5.95 Å². The summed E-state index contributed by atoms with van der Waals surface area (Å²) in [6, 6.07) is 0. The van der Waals surface area contributed by atoms with Crippen molar-refractivity contribution in [3.05, 3.63) is 11.3 Å². The summed E-state index contributed by atoms with van der Waals surface area (Å²) in [5.41, 5.74) is 13.4. The van der Waals surface area contributed by atoms with Gasteiger partial charge in [-0.25, -0.2) is 4.98 Å². The minimum absolute atomic E-state index is 0. The molecule has 0 aliphatic heterocycles. The molecule has 0 radical (unpaired) electrons. The Morgan fingerprint density at radius 1 is 1.05 bits per heavy atom. The van der Waals surface area contributed by atoms with Gasteiger partial charge < -0.3 is 16.8 Å². The summed E-state index contributed by atoms with van der Waals surface area (Å²) in [5, 5.41) is 3.38. The summed E-state index contributed by atoms with van der Waals surface area (Å²) >= 11 is 0. The zero-order valence-corrected chi connectivity index (χ0v) is 14.7. The molecule has 1 aromatic rings. The maximum absolute atomic E-state index is 5.73. The number of nitrogens with zero attached hydrogens (tertiary/aromatic N) is 2. The van der Waals surface area contributed by atoms with Crippen LogP contribution in [0.4, 0.5) is 11.8 Å². The number of anilines is 2. The van der Waals surface area contributed by atoms with Crippen LogP contribution in [-0.2, 0) is 6.42 Å². The van der Waals surface area contributed by atoms with E-state index in [0.717, 1.165) is 56.7 Å². The van der Waals surface area contributed by atoms with Crippen molar-refractivity contribution in [2.45, 2.75) is 52.4 Å². The predicted molar refractivity (Wildman–Crippen MR) is 95.7 cm³/mol. The van der Waals surface area contributed by atoms with Gasteiger partial charge >= 0.3 is 0 Å². The highest BCUT2D eigenvalue weighted by Crippen LogP contribution is 2.20. The minimum atomic E-state index is 0. The quantitative estimate of drug-likeness (QED) is 0.602. The van der Waals surface area contributed by atoms with E-state index in [1.165, 1.54) is 12.0 Å². The third kappa shape index (κ3) is 8.29. The number of nitrogens with two attached hydrogens (primary N) is 2. The predicted octanol–water partition coefficient (Wildman–Crippen LogP) is 3.09. The molecule has 0 bridgehead atoms. The molecule has 0 aliphatic rings. The second-order valence-corrected chi connectivity index (χ2v) is 4.87. The normalized spacial score (nSPS) is 9.67. The van der Waals surface area contributed by atoms with Crippen LogP contribution in [0.25, 0.3) is 0 Å². The van der Waals surface area contributed by atoms with E-state index in [1.54, 1.807) is 0 Å². The summed E-state index contributed by atoms with van der Waals surface area (Å²) in [5.74, 6) is 1.26. The Kier molecular flexibility index (Phi) is 13.8. The van der Waals surface area contributed by atoms with Crippen molar-refractivity contribution in [2.24, 2.45) is 5.73 Å². The molecular weight excluding hydrogens is 309 g/mol. The van der Waals surface area contributed by atoms with Crippen LogP contribution in [0.1, 0.15) is 50.3 Å². The fraction of sp³-hybridized carbons (Fsp3) is 0.714. The summed E-state index contributed by atoms with van der Waals surface area (Å²) < 4.78 is 0. The summed E-state index contributed by atoms with van der Waals surface area (Å²) in [6.07, 6.45) is 6.63. The Morgan fingerprint density at radius 3 is 2.38 bits per heavy atom. The molecule has 5 nitrogen and oxygen atoms in total. The number of halogens is 2. The molecule has 1 rings (SSSR count). The number of aromatic nitrogens is 2. The number of aryl methyl sites for hydroxylation is 1. The van der Waals surface area contributed by atoms with Crippen molar-refractivity contribution in [1.29, 1.82) is 0 Å². The van der Waals surface area contributed by atoms with Gasteiger partial charge in [0.25, 0.3) is 0 Å². The van der Waals surface area contributed by atoms with Gasteiger partial charge in [-0.05, 0) is 39.2 Å². The zero-order chi connectivity index (χ0) is 14.1. The largest absolute Gasteiger partial charge is 0.370 e. The van der Waals surface area contributed by atoms with Crippen LogP contribution < -0.4 is 16.8 Å². The highest BCUT2D eigenvalue weighted by atomic mass is 35.5. The average Bonchev–Trinajstić information content (AvgIpc) is 2.37. The van der Waals surface area contributed by atoms with Gasteiger partial charge in [-0.3, -0.25) is 0 Å². The second-order valence-electron chi connectivity index (χ2n) is 4.87. The average molecular weight is 338 g/mol. The van der Waals surface area contributed by atoms with Gasteiger partial charge in [0.05, 0.1) is 0 Å². The maximum atomic E-state index is 5.73. The Labute approximate surface area is 140 Å². The summed E-state index contributed by atoms with van der Waals surface area (Å²) in [6.45, 7) is 5.87. The Morgan fingerprint density at radius 2 is 1.76 bits per heavy atom. The van der Waals surface area contributed by atoms with Crippen molar-refractivity contribution in [3.8, 4) is 0 Å². The third-order valence-corrected chi connectivity index (χ3v) is 3.18. The lowest BCUT2D eigenvalue weighted by atomic mass is 10.1. The first-order chi connectivity index (χ1) is 9.19. The maximum Gasteiger partial charge on any atom is 0.222 e. The van der Waals surface area contributed by atoms with Crippen molar-refractivity contribution in [2.75, 3.05) is 24.1 Å². The van der Waals surface area contributed by atoms with Crippen LogP contribution in [0.5, 0.6) is 0 Å². The SMILES string of the molecule is CCCCNc1nc(N)nc(C)c1CCCCCN.Cl.Cl. The van der Waals surface area contributed by atoms with Crippen LogP contribution in [0.2, 0.25) is 0 Å². The first-order valence-corrected chi connectivity index (χ1v) is 7.26. The first kappa shape index (κ1) is 22.5. The molecule has 0 fully saturated rings. The molecule has 0 aromatic carbocycles. The van der Waals surface area contributed by atoms with Gasteiger partial charge in [0.15, 0.2) is 0 Å². The topological polar surface area (TPSA) is 89.8 Å². The van der Waals surface area contributed by atoms with Crippen molar-refractivity contribution in [3.63, 3.8) is 0 Å². The number of rotatable bonds is 9. The Bertz CT molecular complexity index is 388. The Hall–Kier alpha value is -0.780. The van der Waals surface area contributed by atoms with Crippen molar-refractivity contribution >= 4 is 36.6 Å². The summed E-state index contributed by atoms with van der Waals surface area (Å²) in [7, 11) is 0. The van der Waals surface area contributed by atoms with Gasteiger partial charge in [0, 0.05) is 17.8 Å². The zero-order valence-electron chi connectivity index (χ0n) is 13.0. The van der Waals surface area contributed by atoms with Gasteiger partial charge in [-0.15, -0.1) is 24.8 Å². The Balaban J connectivity index is 0. The molecule has 21 heavy (non-hydrogen) atoms. The molecular formula is C14H29Cl2N5. The standard InChI is InChI=1S/C14H27N5.2ClH/c1-3-4-10-17-13-12(8-6-5-7-9-15)11(2)18-14(16)19-13;;/h3-10,15H2,1-2H3,(H3,16,17,18,19);2*1H. The van der Waals surface area contributed by atoms with Crippen LogP contribution >= 0.6 is 24.8 Å². The molecule has 0 atom stereocenters. The fourth-order valence-corrected chi connectivity index (χ4v) is 2.07. The molecule has 1 heterocycles. The first-order valence-electron chi connectivity index (χ1n) is 7.26. The summed E-state index contributed by atoms with van der Waals surface area (Å²) in [4.78, 5) is 8.60. The van der Waals surface area contributed by atoms with Crippen LogP contribution in [0, 0.1) is 6.92 Å². The van der Waals surface area contributed by atoms with Gasteiger partial charge in [0.2, 0.25) is 5.95 Å². The monoisotopic (exact) mass is 337 g/mol. The van der Waals surface area contributed by atoms with E-state index in [2.05, 4.69) is 22.2 Å². The third-order valence-electron chi connectivity index (χ3n) is 3.18. The molecule has 7 heteroatoms. The lowest BCUT2D eigenvalue weighted by molar-refractivity contribution is 0.682. The number of hydrogen-bond acceptors (Lipinski definition) is 5. The van der Waals surface area contributed by atoms with E-state index >= 15 is 0 Å². The van der Waals surface area contributed by atoms with Gasteiger partial charge in [-0.2, -0.15) is 4.98 Å². The molecule has 0 amide bonds. The van der Waals surface area contributed by atoms with E-state index in [-0.39, 0.29) is 24.8 Å². The minimum Gasteiger partial charge on any atom is -0.370 e. The van der Waals surface area contributed by atoms with E-state index in [9.17, 15) is 0 Å². The molecule has 0 saturated carbocycles. The van der Waals surface area contributed by atoms with Crippen molar-refractivity contribution < 1.29 is 0 Å². The van der Waals surface area contributed by atoms with Crippen LogP contribution in [0.3, 0.4) is 0 Å². The highest BCUT2D eigenvalue weighted by molar-refractivity contribution is 5.85. The molecule has 0 spiro atoms. The molecule has 1 aromatic heterocycles. The van der Waals surface area contributed by atoms with Gasteiger partial charge in [0.1, 0.15) is 5.82 Å². The molecule has 124 valence electrons. The molecule has 0 aliphatic carbocycles. The van der Waals surface area contributed by atoms with Crippen molar-refractivity contribution in [1.82, 2.24) is 9.97 Å². The van der Waals surface area contributed by atoms with Gasteiger partial charge in [-0.1, -0.05) is 19.8 Å². The van der Waals surface area contributed by atoms with E-state index in [1.807, 2.05) is 6.92 Å². The second kappa shape index (κ2) is 12.9. The van der Waals surface area contributed by atoms with E-state index in [4.69, 9.17) is 11.5 Å². The smallest absolute Gasteiger partial charge is 0.222 e. The van der Waals surface area contributed by atoms with Crippen LogP contribution in [-0.4, -0.2) is 23.1 Å². The molecule has 0 saturated heterocycles. The number of nitrogens with one attached hydrogen (secondary N) is 1. The van der Waals surface area contributed by atoms with Crippen LogP contribution in [0.15, 0.2) is 0 Å². The lowest BCUT2D eigenvalue weighted by Gasteiger charge is -2.13. The fourth-order valence-electron chi connectivity index (χ4n) is 2.07. The molecule has 5 N–H and O–H groups in total. The number of unbranched alkanes of at least 4 members (excludes halogenated alkanes) is 3. The number of hydrogen-bond donors (Lipinski definition) is 3. The van der Waals surface area contributed by atoms with E-state index < -0.39 is 0 Å².